The van der Waals surface area contributed by atoms with Crippen molar-refractivity contribution in [2.24, 2.45) is 17.8 Å². The summed E-state index contributed by atoms with van der Waals surface area (Å²) in [6.07, 6.45) is 19.1. The number of aliphatic carboxylic acids is 2. The van der Waals surface area contributed by atoms with Gasteiger partial charge >= 0.3 is 11.9 Å². The zero-order chi connectivity index (χ0) is 24.6. The predicted molar refractivity (Wildman–Crippen MR) is 134 cm³/mol. The zero-order valence-corrected chi connectivity index (χ0v) is 21.1. The monoisotopic (exact) mass is 480 g/mol. The number of carbonyl (C=O) groups excluding carboxylic acids is 1. The van der Waals surface area contributed by atoms with Gasteiger partial charge in [0.15, 0.2) is 0 Å². The lowest BCUT2D eigenvalue weighted by atomic mass is 9.78. The summed E-state index contributed by atoms with van der Waals surface area (Å²) in [5.41, 5.74) is 0. The average Bonchev–Trinajstić information content (AvgIpc) is 2.84. The molecule has 2 rings (SSSR count). The molecule has 196 valence electrons. The number of nitrogens with one attached hydrogen (secondary N) is 2. The normalized spacial score (nSPS) is 25.1. The Balaban J connectivity index is 1.36. The Hall–Kier alpha value is -1.63. The smallest absolute Gasteiger partial charge is 0.308 e. The Morgan fingerprint density at radius 1 is 0.559 bits per heavy atom. The molecule has 0 aromatic carbocycles. The third-order valence-corrected chi connectivity index (χ3v) is 7.81. The van der Waals surface area contributed by atoms with E-state index in [-0.39, 0.29) is 23.8 Å². The summed E-state index contributed by atoms with van der Waals surface area (Å²) < 4.78 is 0. The first-order valence-corrected chi connectivity index (χ1v) is 14.0. The molecule has 2 aliphatic rings. The second kappa shape index (κ2) is 16.9. The number of amides is 1. The van der Waals surface area contributed by atoms with Gasteiger partial charge in [-0.25, -0.2) is 0 Å². The topological polar surface area (TPSA) is 116 Å². The molecule has 0 heterocycles. The van der Waals surface area contributed by atoms with E-state index in [1.54, 1.807) is 0 Å². The second-order valence-electron chi connectivity index (χ2n) is 10.5. The molecule has 0 saturated heterocycles. The van der Waals surface area contributed by atoms with Gasteiger partial charge in [0.25, 0.3) is 0 Å². The molecule has 2 saturated carbocycles. The van der Waals surface area contributed by atoms with Crippen LogP contribution in [0.3, 0.4) is 0 Å². The molecule has 7 heteroatoms. The minimum absolute atomic E-state index is 0.0669. The van der Waals surface area contributed by atoms with Crippen LogP contribution < -0.4 is 10.6 Å². The van der Waals surface area contributed by atoms with Gasteiger partial charge < -0.3 is 20.8 Å². The van der Waals surface area contributed by atoms with Crippen molar-refractivity contribution in [3.8, 4) is 0 Å². The number of carboxylic acid groups (broad SMARTS) is 2. The number of unbranched alkanes of at least 4 members (excludes halogenated alkanes) is 9. The van der Waals surface area contributed by atoms with Crippen LogP contribution >= 0.6 is 0 Å². The molecule has 0 radical (unpaired) electrons. The van der Waals surface area contributed by atoms with Gasteiger partial charge in [0.1, 0.15) is 0 Å². The van der Waals surface area contributed by atoms with Gasteiger partial charge in [0, 0.05) is 12.6 Å². The molecule has 2 aliphatic carbocycles. The van der Waals surface area contributed by atoms with E-state index in [0.29, 0.717) is 19.4 Å². The Bertz CT molecular complexity index is 612. The first-order chi connectivity index (χ1) is 16.5. The van der Waals surface area contributed by atoms with Crippen LogP contribution in [0.1, 0.15) is 116 Å². The summed E-state index contributed by atoms with van der Waals surface area (Å²) in [6, 6.07) is 0.161. The van der Waals surface area contributed by atoms with Crippen LogP contribution in [0.5, 0.6) is 0 Å². The molecule has 1 amide bonds. The molecule has 4 atom stereocenters. The van der Waals surface area contributed by atoms with Crippen molar-refractivity contribution in [3.05, 3.63) is 0 Å². The highest BCUT2D eigenvalue weighted by molar-refractivity contribution is 5.84. The highest BCUT2D eigenvalue weighted by atomic mass is 16.4. The van der Waals surface area contributed by atoms with Crippen LogP contribution in [-0.2, 0) is 14.4 Å². The minimum Gasteiger partial charge on any atom is -0.481 e. The van der Waals surface area contributed by atoms with Crippen LogP contribution in [0.2, 0.25) is 0 Å². The molecule has 2 fully saturated rings. The molecule has 4 N–H and O–H groups in total. The summed E-state index contributed by atoms with van der Waals surface area (Å²) in [5, 5.41) is 25.1. The standard InChI is InChI=1S/C27H48N2O5/c30-25(21-15-9-10-16-22(21)26(31)32)29-20-14-8-6-4-2-1-3-5-7-13-19-28-24-18-12-11-17-23(24)27(33)34/h21-24,28H,1-20H2,(H,29,30)(H,31,32)(H,33,34)/t21-,22-,23-,24+/m0/s1. The summed E-state index contributed by atoms with van der Waals surface area (Å²) >= 11 is 0. The number of rotatable bonds is 17. The molecular weight excluding hydrogens is 432 g/mol. The fourth-order valence-corrected chi connectivity index (χ4v) is 5.71. The lowest BCUT2D eigenvalue weighted by molar-refractivity contribution is -0.148. The van der Waals surface area contributed by atoms with E-state index >= 15 is 0 Å². The van der Waals surface area contributed by atoms with Gasteiger partial charge in [0.05, 0.1) is 17.8 Å². The van der Waals surface area contributed by atoms with E-state index in [1.165, 1.54) is 44.9 Å². The maximum atomic E-state index is 12.3. The van der Waals surface area contributed by atoms with Gasteiger partial charge in [-0.1, -0.05) is 77.0 Å². The van der Waals surface area contributed by atoms with Crippen molar-refractivity contribution < 1.29 is 24.6 Å². The number of hydrogen-bond acceptors (Lipinski definition) is 4. The Morgan fingerprint density at radius 2 is 1.00 bits per heavy atom. The molecule has 0 spiro atoms. The van der Waals surface area contributed by atoms with E-state index < -0.39 is 17.9 Å². The molecule has 34 heavy (non-hydrogen) atoms. The van der Waals surface area contributed by atoms with Crippen molar-refractivity contribution >= 4 is 17.8 Å². The Kier molecular flexibility index (Phi) is 14.2. The van der Waals surface area contributed by atoms with Gasteiger partial charge in [-0.3, -0.25) is 14.4 Å². The van der Waals surface area contributed by atoms with E-state index in [4.69, 9.17) is 0 Å². The minimum atomic E-state index is -0.829. The van der Waals surface area contributed by atoms with Crippen molar-refractivity contribution in [2.45, 2.75) is 122 Å². The second-order valence-corrected chi connectivity index (χ2v) is 10.5. The molecule has 0 bridgehead atoms. The fraction of sp³-hybridized carbons (Fsp3) is 0.889. The quantitative estimate of drug-likeness (QED) is 0.215. The van der Waals surface area contributed by atoms with E-state index in [9.17, 15) is 24.6 Å². The molecule has 0 aliphatic heterocycles. The van der Waals surface area contributed by atoms with Gasteiger partial charge in [-0.15, -0.1) is 0 Å². The van der Waals surface area contributed by atoms with E-state index in [0.717, 1.165) is 64.3 Å². The maximum Gasteiger partial charge on any atom is 0.308 e. The summed E-state index contributed by atoms with van der Waals surface area (Å²) in [4.78, 5) is 35.0. The van der Waals surface area contributed by atoms with E-state index in [1.807, 2.05) is 0 Å². The van der Waals surface area contributed by atoms with Crippen LogP contribution in [0.15, 0.2) is 0 Å². The van der Waals surface area contributed by atoms with Crippen LogP contribution in [0.25, 0.3) is 0 Å². The van der Waals surface area contributed by atoms with Gasteiger partial charge in [0.2, 0.25) is 5.91 Å². The van der Waals surface area contributed by atoms with Gasteiger partial charge in [-0.2, -0.15) is 0 Å². The first-order valence-electron chi connectivity index (χ1n) is 14.0. The third kappa shape index (κ3) is 10.7. The fourth-order valence-electron chi connectivity index (χ4n) is 5.71. The zero-order valence-electron chi connectivity index (χ0n) is 21.1. The van der Waals surface area contributed by atoms with Crippen LogP contribution in [-0.4, -0.2) is 47.2 Å². The number of carbonyl (C=O) groups is 3. The summed E-state index contributed by atoms with van der Waals surface area (Å²) in [7, 11) is 0. The van der Waals surface area contributed by atoms with Crippen LogP contribution in [0, 0.1) is 17.8 Å². The largest absolute Gasteiger partial charge is 0.481 e. The highest BCUT2D eigenvalue weighted by Crippen LogP contribution is 2.30. The summed E-state index contributed by atoms with van der Waals surface area (Å²) in [5.74, 6) is -2.60. The molecular formula is C27H48N2O5. The first kappa shape index (κ1) is 28.6. The lowest BCUT2D eigenvalue weighted by Gasteiger charge is -2.29. The molecule has 0 aromatic heterocycles. The van der Waals surface area contributed by atoms with Crippen molar-refractivity contribution in [1.29, 1.82) is 0 Å². The van der Waals surface area contributed by atoms with Crippen molar-refractivity contribution in [2.75, 3.05) is 13.1 Å². The van der Waals surface area contributed by atoms with Gasteiger partial charge in [-0.05, 0) is 45.1 Å². The highest BCUT2D eigenvalue weighted by Gasteiger charge is 2.35. The average molecular weight is 481 g/mol. The predicted octanol–water partition coefficient (Wildman–Crippen LogP) is 5.13. The number of carboxylic acids is 2. The lowest BCUT2D eigenvalue weighted by Crippen LogP contribution is -2.42. The SMILES string of the molecule is O=C(O)[C@H]1CCCC[C@@H]1C(=O)NCCCCCCCCCCCCN[C@@H]1CCCC[C@@H]1C(=O)O. The Morgan fingerprint density at radius 3 is 1.56 bits per heavy atom. The molecule has 7 nitrogen and oxygen atoms in total. The van der Waals surface area contributed by atoms with Crippen LogP contribution in [0.4, 0.5) is 0 Å². The van der Waals surface area contributed by atoms with Crippen molar-refractivity contribution in [1.82, 2.24) is 10.6 Å². The van der Waals surface area contributed by atoms with E-state index in [2.05, 4.69) is 10.6 Å². The summed E-state index contributed by atoms with van der Waals surface area (Å²) in [6.45, 7) is 1.59. The number of hydrogen-bond donors (Lipinski definition) is 4. The van der Waals surface area contributed by atoms with Crippen molar-refractivity contribution in [3.63, 3.8) is 0 Å². The maximum absolute atomic E-state index is 12.3. The Labute approximate surface area is 205 Å². The molecule has 0 unspecified atom stereocenters. The molecule has 0 aromatic rings. The third-order valence-electron chi connectivity index (χ3n) is 7.81.